The Hall–Kier alpha value is -2.57. The van der Waals surface area contributed by atoms with E-state index in [4.69, 9.17) is 15.6 Å². The Balaban J connectivity index is 1.84. The normalized spacial score (nSPS) is 19.8. The molecule has 1 saturated carbocycles. The van der Waals surface area contributed by atoms with Crippen LogP contribution in [0.4, 0.5) is 5.69 Å². The number of nitrogens with one attached hydrogen (secondary N) is 1. The third-order valence-electron chi connectivity index (χ3n) is 3.67. The number of carbonyl (C=O) groups is 3. The zero-order chi connectivity index (χ0) is 16.1. The number of amides is 2. The fraction of sp³-hybridized carbons (Fsp3) is 0.400. The summed E-state index contributed by atoms with van der Waals surface area (Å²) in [7, 11) is 0. The van der Waals surface area contributed by atoms with Crippen LogP contribution in [0.5, 0.6) is 5.75 Å². The molecule has 0 saturated heterocycles. The number of anilines is 1. The minimum atomic E-state index is -0.926. The number of carbonyl (C=O) groups excluding carboxylic acids is 2. The lowest BCUT2D eigenvalue weighted by Gasteiger charge is -2.31. The molecule has 0 aromatic heterocycles. The second-order valence-electron chi connectivity index (χ2n) is 5.21. The fourth-order valence-corrected chi connectivity index (χ4v) is 2.25. The number of aliphatic carboxylic acids is 1. The molecule has 0 spiro atoms. The Morgan fingerprint density at radius 3 is 2.32 bits per heavy atom. The SMILES string of the molecule is NC(=O)CCOc1ccc(NC(=O)C2CCC2C(=O)O)cc1. The molecule has 0 bridgehead atoms. The highest BCUT2D eigenvalue weighted by Gasteiger charge is 2.41. The van der Waals surface area contributed by atoms with Crippen LogP contribution < -0.4 is 15.8 Å². The number of carboxylic acid groups (broad SMARTS) is 1. The molecule has 1 aliphatic carbocycles. The molecule has 0 radical (unpaired) electrons. The summed E-state index contributed by atoms with van der Waals surface area (Å²) in [6, 6.07) is 6.63. The number of rotatable bonds is 7. The van der Waals surface area contributed by atoms with Gasteiger partial charge in [0.2, 0.25) is 11.8 Å². The molecule has 1 aromatic carbocycles. The number of nitrogens with two attached hydrogens (primary N) is 1. The zero-order valence-corrected chi connectivity index (χ0v) is 12.0. The molecule has 2 atom stereocenters. The van der Waals surface area contributed by atoms with E-state index in [9.17, 15) is 14.4 Å². The quantitative estimate of drug-likeness (QED) is 0.694. The molecule has 1 fully saturated rings. The summed E-state index contributed by atoms with van der Waals surface area (Å²) < 4.78 is 5.31. The Labute approximate surface area is 127 Å². The number of ether oxygens (including phenoxy) is 1. The minimum Gasteiger partial charge on any atom is -0.493 e. The van der Waals surface area contributed by atoms with Crippen LogP contribution in [0, 0.1) is 11.8 Å². The summed E-state index contributed by atoms with van der Waals surface area (Å²) >= 11 is 0. The van der Waals surface area contributed by atoms with E-state index in [0.29, 0.717) is 24.3 Å². The molecule has 4 N–H and O–H groups in total. The lowest BCUT2D eigenvalue weighted by atomic mass is 9.73. The van der Waals surface area contributed by atoms with Gasteiger partial charge in [-0.2, -0.15) is 0 Å². The zero-order valence-electron chi connectivity index (χ0n) is 12.0. The molecule has 2 rings (SSSR count). The Bertz CT molecular complexity index is 570. The molecule has 0 aliphatic heterocycles. The van der Waals surface area contributed by atoms with Crippen LogP contribution in [-0.4, -0.2) is 29.5 Å². The van der Waals surface area contributed by atoms with E-state index >= 15 is 0 Å². The van der Waals surface area contributed by atoms with Crippen LogP contribution in [0.25, 0.3) is 0 Å². The molecule has 118 valence electrons. The molecule has 2 unspecified atom stereocenters. The van der Waals surface area contributed by atoms with Crippen molar-refractivity contribution in [3.05, 3.63) is 24.3 Å². The average molecular weight is 306 g/mol. The molecule has 7 heteroatoms. The van der Waals surface area contributed by atoms with Crippen molar-refractivity contribution in [2.75, 3.05) is 11.9 Å². The average Bonchev–Trinajstić information content (AvgIpc) is 2.38. The maximum Gasteiger partial charge on any atom is 0.307 e. The van der Waals surface area contributed by atoms with Crippen molar-refractivity contribution in [1.82, 2.24) is 0 Å². The summed E-state index contributed by atoms with van der Waals surface area (Å²) in [6.45, 7) is 0.198. The third kappa shape index (κ3) is 3.97. The van der Waals surface area contributed by atoms with Crippen molar-refractivity contribution < 1.29 is 24.2 Å². The highest BCUT2D eigenvalue weighted by atomic mass is 16.5. The highest BCUT2D eigenvalue weighted by molar-refractivity contribution is 5.96. The topological polar surface area (TPSA) is 119 Å². The number of benzene rings is 1. The first kappa shape index (κ1) is 15.8. The molecule has 22 heavy (non-hydrogen) atoms. The van der Waals surface area contributed by atoms with Gasteiger partial charge < -0.3 is 20.9 Å². The summed E-state index contributed by atoms with van der Waals surface area (Å²) in [6.07, 6.45) is 1.27. The maximum atomic E-state index is 12.0. The lowest BCUT2D eigenvalue weighted by Crippen LogP contribution is -2.41. The van der Waals surface area contributed by atoms with Gasteiger partial charge in [-0.05, 0) is 37.1 Å². The molecular weight excluding hydrogens is 288 g/mol. The van der Waals surface area contributed by atoms with Gasteiger partial charge in [-0.1, -0.05) is 0 Å². The number of hydrogen-bond acceptors (Lipinski definition) is 4. The largest absolute Gasteiger partial charge is 0.493 e. The van der Waals surface area contributed by atoms with Gasteiger partial charge in [0, 0.05) is 5.69 Å². The second kappa shape index (κ2) is 6.93. The van der Waals surface area contributed by atoms with Gasteiger partial charge in [-0.15, -0.1) is 0 Å². The van der Waals surface area contributed by atoms with E-state index in [1.807, 2.05) is 0 Å². The van der Waals surface area contributed by atoms with E-state index in [1.165, 1.54) is 0 Å². The summed E-state index contributed by atoms with van der Waals surface area (Å²) in [4.78, 5) is 33.5. The van der Waals surface area contributed by atoms with Gasteiger partial charge in [0.25, 0.3) is 0 Å². The number of carboxylic acids is 1. The lowest BCUT2D eigenvalue weighted by molar-refractivity contribution is -0.151. The third-order valence-corrected chi connectivity index (χ3v) is 3.67. The monoisotopic (exact) mass is 306 g/mol. The number of hydrogen-bond donors (Lipinski definition) is 3. The summed E-state index contributed by atoms with van der Waals surface area (Å²) in [5, 5.41) is 11.6. The molecule has 1 aromatic rings. The van der Waals surface area contributed by atoms with Crippen LogP contribution in [0.1, 0.15) is 19.3 Å². The fourth-order valence-electron chi connectivity index (χ4n) is 2.25. The first-order valence-corrected chi connectivity index (χ1v) is 7.02. The van der Waals surface area contributed by atoms with Crippen molar-refractivity contribution in [1.29, 1.82) is 0 Å². The smallest absolute Gasteiger partial charge is 0.307 e. The Kier molecular flexibility index (Phi) is 4.98. The molecular formula is C15H18N2O5. The summed E-state index contributed by atoms with van der Waals surface area (Å²) in [5.41, 5.74) is 5.58. The van der Waals surface area contributed by atoms with Crippen LogP contribution in [0.2, 0.25) is 0 Å². The van der Waals surface area contributed by atoms with Gasteiger partial charge in [0.1, 0.15) is 5.75 Å². The van der Waals surface area contributed by atoms with Gasteiger partial charge in [-0.3, -0.25) is 14.4 Å². The number of primary amides is 1. The van der Waals surface area contributed by atoms with Crippen molar-refractivity contribution in [2.45, 2.75) is 19.3 Å². The van der Waals surface area contributed by atoms with Gasteiger partial charge in [0.15, 0.2) is 0 Å². The standard InChI is InChI=1S/C15H18N2O5/c16-13(18)7-8-22-10-3-1-9(2-4-10)17-14(19)11-5-6-12(11)15(20)21/h1-4,11-12H,5-8H2,(H2,16,18)(H,17,19)(H,20,21). The molecule has 2 amide bonds. The predicted octanol–water partition coefficient (Wildman–Crippen LogP) is 0.990. The van der Waals surface area contributed by atoms with Crippen molar-refractivity contribution in [3.8, 4) is 5.75 Å². The first-order valence-electron chi connectivity index (χ1n) is 7.02. The van der Waals surface area contributed by atoms with Crippen LogP contribution in [-0.2, 0) is 14.4 Å². The summed E-state index contributed by atoms with van der Waals surface area (Å²) in [5.74, 6) is -2.13. The Morgan fingerprint density at radius 2 is 1.82 bits per heavy atom. The maximum absolute atomic E-state index is 12.0. The predicted molar refractivity (Wildman–Crippen MR) is 78.2 cm³/mol. The van der Waals surface area contributed by atoms with E-state index < -0.39 is 23.7 Å². The van der Waals surface area contributed by atoms with Gasteiger partial charge in [-0.25, -0.2) is 0 Å². The Morgan fingerprint density at radius 1 is 1.18 bits per heavy atom. The van der Waals surface area contributed by atoms with E-state index in [0.717, 1.165) is 0 Å². The molecule has 7 nitrogen and oxygen atoms in total. The minimum absolute atomic E-state index is 0.136. The van der Waals surface area contributed by atoms with Crippen LogP contribution >= 0.6 is 0 Å². The van der Waals surface area contributed by atoms with Crippen LogP contribution in [0.3, 0.4) is 0 Å². The van der Waals surface area contributed by atoms with Crippen molar-refractivity contribution in [3.63, 3.8) is 0 Å². The van der Waals surface area contributed by atoms with Crippen molar-refractivity contribution in [2.24, 2.45) is 17.6 Å². The molecule has 0 heterocycles. The van der Waals surface area contributed by atoms with Crippen molar-refractivity contribution >= 4 is 23.5 Å². The van der Waals surface area contributed by atoms with E-state index in [-0.39, 0.29) is 18.9 Å². The second-order valence-corrected chi connectivity index (χ2v) is 5.21. The van der Waals surface area contributed by atoms with E-state index in [1.54, 1.807) is 24.3 Å². The van der Waals surface area contributed by atoms with E-state index in [2.05, 4.69) is 5.32 Å². The van der Waals surface area contributed by atoms with Crippen LogP contribution in [0.15, 0.2) is 24.3 Å². The first-order chi connectivity index (χ1) is 10.5. The highest BCUT2D eigenvalue weighted by Crippen LogP contribution is 2.35. The van der Waals surface area contributed by atoms with Gasteiger partial charge >= 0.3 is 5.97 Å². The van der Waals surface area contributed by atoms with Gasteiger partial charge in [0.05, 0.1) is 24.9 Å². The molecule has 1 aliphatic rings.